The van der Waals surface area contributed by atoms with Gasteiger partial charge in [0.2, 0.25) is 0 Å². The van der Waals surface area contributed by atoms with E-state index in [1.54, 1.807) is 0 Å². The summed E-state index contributed by atoms with van der Waals surface area (Å²) in [5.41, 5.74) is 2.45. The first-order chi connectivity index (χ1) is 7.34. The monoisotopic (exact) mass is 220 g/mol. The number of aromatic nitrogens is 1. The molecule has 15 heavy (non-hydrogen) atoms. The Bertz CT molecular complexity index is 483. The van der Waals surface area contributed by atoms with Crippen LogP contribution in [0.1, 0.15) is 18.0 Å². The summed E-state index contributed by atoms with van der Waals surface area (Å²) in [6.45, 7) is 2.19. The fourth-order valence-corrected chi connectivity index (χ4v) is 2.51. The average Bonchev–Trinajstić information content (AvgIpc) is 2.86. The molecule has 0 radical (unpaired) electrons. The fraction of sp³-hybridized carbons (Fsp3) is 0.333. The van der Waals surface area contributed by atoms with Crippen molar-refractivity contribution in [2.75, 3.05) is 13.1 Å². The third-order valence-electron chi connectivity index (χ3n) is 3.13. The van der Waals surface area contributed by atoms with Crippen molar-refractivity contribution in [2.24, 2.45) is 0 Å². The van der Waals surface area contributed by atoms with Crippen molar-refractivity contribution in [1.29, 1.82) is 0 Å². The number of rotatable bonds is 1. The van der Waals surface area contributed by atoms with Gasteiger partial charge in [0.25, 0.3) is 0 Å². The highest BCUT2D eigenvalue weighted by atomic mass is 35.5. The van der Waals surface area contributed by atoms with E-state index in [2.05, 4.69) is 22.4 Å². The SMILES string of the molecule is Clc1cccc2[nH]c(C3CCNC3)cc12. The zero-order valence-corrected chi connectivity index (χ0v) is 9.14. The maximum atomic E-state index is 6.14. The summed E-state index contributed by atoms with van der Waals surface area (Å²) in [6, 6.07) is 8.19. The molecule has 1 atom stereocenters. The lowest BCUT2D eigenvalue weighted by atomic mass is 10.1. The van der Waals surface area contributed by atoms with Gasteiger partial charge >= 0.3 is 0 Å². The van der Waals surface area contributed by atoms with Gasteiger partial charge in [-0.1, -0.05) is 17.7 Å². The van der Waals surface area contributed by atoms with Gasteiger partial charge in [0.15, 0.2) is 0 Å². The van der Waals surface area contributed by atoms with Crippen LogP contribution in [-0.4, -0.2) is 18.1 Å². The molecular weight excluding hydrogens is 208 g/mol. The number of benzene rings is 1. The van der Waals surface area contributed by atoms with E-state index < -0.39 is 0 Å². The van der Waals surface area contributed by atoms with Crippen molar-refractivity contribution in [3.63, 3.8) is 0 Å². The Kier molecular flexibility index (Phi) is 2.19. The molecule has 2 aromatic rings. The summed E-state index contributed by atoms with van der Waals surface area (Å²) in [6.07, 6.45) is 1.21. The Morgan fingerprint density at radius 1 is 1.33 bits per heavy atom. The predicted octanol–water partition coefficient (Wildman–Crippen LogP) is 2.90. The van der Waals surface area contributed by atoms with E-state index in [1.165, 1.54) is 12.1 Å². The average molecular weight is 221 g/mol. The summed E-state index contributed by atoms with van der Waals surface area (Å²) in [5, 5.41) is 5.35. The van der Waals surface area contributed by atoms with Crippen LogP contribution in [0.5, 0.6) is 0 Å². The zero-order valence-electron chi connectivity index (χ0n) is 8.39. The van der Waals surface area contributed by atoms with Gasteiger partial charge in [0.1, 0.15) is 0 Å². The van der Waals surface area contributed by atoms with Crippen LogP contribution in [0, 0.1) is 0 Å². The number of halogens is 1. The van der Waals surface area contributed by atoms with Crippen LogP contribution in [0.4, 0.5) is 0 Å². The number of nitrogens with one attached hydrogen (secondary N) is 2. The lowest BCUT2D eigenvalue weighted by molar-refractivity contribution is 0.743. The van der Waals surface area contributed by atoms with Crippen LogP contribution in [0.2, 0.25) is 5.02 Å². The molecule has 78 valence electrons. The van der Waals surface area contributed by atoms with Gasteiger partial charge in [-0.2, -0.15) is 0 Å². The molecule has 3 rings (SSSR count). The molecular formula is C12H13ClN2. The quantitative estimate of drug-likeness (QED) is 0.760. The van der Waals surface area contributed by atoms with E-state index in [4.69, 9.17) is 11.6 Å². The third-order valence-corrected chi connectivity index (χ3v) is 3.46. The van der Waals surface area contributed by atoms with Crippen molar-refractivity contribution in [3.05, 3.63) is 35.0 Å². The molecule has 0 aliphatic carbocycles. The van der Waals surface area contributed by atoms with Crippen molar-refractivity contribution < 1.29 is 0 Å². The summed E-state index contributed by atoms with van der Waals surface area (Å²) in [5.74, 6) is 0.619. The minimum absolute atomic E-state index is 0.619. The van der Waals surface area contributed by atoms with Gasteiger partial charge < -0.3 is 10.3 Å². The molecule has 1 aliphatic rings. The van der Waals surface area contributed by atoms with E-state index in [-0.39, 0.29) is 0 Å². The Hall–Kier alpha value is -0.990. The molecule has 2 nitrogen and oxygen atoms in total. The van der Waals surface area contributed by atoms with Crippen LogP contribution >= 0.6 is 11.6 Å². The Morgan fingerprint density at radius 2 is 2.27 bits per heavy atom. The maximum Gasteiger partial charge on any atom is 0.0499 e. The van der Waals surface area contributed by atoms with Gasteiger partial charge in [0.05, 0.1) is 0 Å². The molecule has 1 unspecified atom stereocenters. The Balaban J connectivity index is 2.09. The fourth-order valence-electron chi connectivity index (χ4n) is 2.28. The van der Waals surface area contributed by atoms with E-state index in [1.807, 2.05) is 12.1 Å². The number of hydrogen-bond acceptors (Lipinski definition) is 1. The summed E-state index contributed by atoms with van der Waals surface area (Å²) in [4.78, 5) is 3.45. The van der Waals surface area contributed by atoms with Crippen LogP contribution in [0.3, 0.4) is 0 Å². The Labute approximate surface area is 93.6 Å². The summed E-state index contributed by atoms with van der Waals surface area (Å²) >= 11 is 6.14. The van der Waals surface area contributed by atoms with E-state index in [0.717, 1.165) is 29.0 Å². The first-order valence-electron chi connectivity index (χ1n) is 5.32. The van der Waals surface area contributed by atoms with Crippen molar-refractivity contribution in [3.8, 4) is 0 Å². The number of H-pyrrole nitrogens is 1. The molecule has 1 aromatic carbocycles. The minimum Gasteiger partial charge on any atom is -0.358 e. The van der Waals surface area contributed by atoms with Crippen LogP contribution in [0.15, 0.2) is 24.3 Å². The molecule has 0 bridgehead atoms. The van der Waals surface area contributed by atoms with Gasteiger partial charge in [-0.3, -0.25) is 0 Å². The second-order valence-electron chi connectivity index (χ2n) is 4.12. The number of hydrogen-bond donors (Lipinski definition) is 2. The van der Waals surface area contributed by atoms with Crippen molar-refractivity contribution in [2.45, 2.75) is 12.3 Å². The van der Waals surface area contributed by atoms with Gasteiger partial charge in [-0.15, -0.1) is 0 Å². The predicted molar refractivity (Wildman–Crippen MR) is 63.5 cm³/mol. The van der Waals surface area contributed by atoms with Gasteiger partial charge in [-0.05, 0) is 31.2 Å². The summed E-state index contributed by atoms with van der Waals surface area (Å²) < 4.78 is 0. The zero-order chi connectivity index (χ0) is 10.3. The van der Waals surface area contributed by atoms with Crippen LogP contribution in [-0.2, 0) is 0 Å². The second kappa shape index (κ2) is 3.54. The number of aromatic amines is 1. The normalized spacial score (nSPS) is 21.3. The molecule has 1 fully saturated rings. The molecule has 1 aliphatic heterocycles. The molecule has 0 spiro atoms. The topological polar surface area (TPSA) is 27.8 Å². The molecule has 0 saturated carbocycles. The van der Waals surface area contributed by atoms with E-state index in [9.17, 15) is 0 Å². The molecule has 3 heteroatoms. The molecule has 1 aromatic heterocycles. The highest BCUT2D eigenvalue weighted by Gasteiger charge is 2.18. The highest BCUT2D eigenvalue weighted by Crippen LogP contribution is 2.29. The van der Waals surface area contributed by atoms with Gasteiger partial charge in [-0.25, -0.2) is 0 Å². The Morgan fingerprint density at radius 3 is 3.00 bits per heavy atom. The summed E-state index contributed by atoms with van der Waals surface area (Å²) in [7, 11) is 0. The van der Waals surface area contributed by atoms with E-state index >= 15 is 0 Å². The van der Waals surface area contributed by atoms with Crippen LogP contribution in [0.25, 0.3) is 10.9 Å². The van der Waals surface area contributed by atoms with E-state index in [0.29, 0.717) is 5.92 Å². The highest BCUT2D eigenvalue weighted by molar-refractivity contribution is 6.35. The first kappa shape index (κ1) is 9.25. The molecule has 0 amide bonds. The number of fused-ring (bicyclic) bond motifs is 1. The first-order valence-corrected chi connectivity index (χ1v) is 5.70. The van der Waals surface area contributed by atoms with Crippen molar-refractivity contribution in [1.82, 2.24) is 10.3 Å². The molecule has 2 heterocycles. The maximum absolute atomic E-state index is 6.14. The lowest BCUT2D eigenvalue weighted by Crippen LogP contribution is -2.07. The van der Waals surface area contributed by atoms with Crippen LogP contribution < -0.4 is 5.32 Å². The van der Waals surface area contributed by atoms with Crippen molar-refractivity contribution >= 4 is 22.5 Å². The lowest BCUT2D eigenvalue weighted by Gasteiger charge is -2.03. The minimum atomic E-state index is 0.619. The third kappa shape index (κ3) is 1.54. The molecule has 1 saturated heterocycles. The second-order valence-corrected chi connectivity index (χ2v) is 4.52. The largest absolute Gasteiger partial charge is 0.358 e. The smallest absolute Gasteiger partial charge is 0.0499 e. The standard InChI is InChI=1S/C12H13ClN2/c13-10-2-1-3-11-9(10)6-12(15-11)8-4-5-14-7-8/h1-3,6,8,14-15H,4-5,7H2. The molecule has 2 N–H and O–H groups in total. The van der Waals surface area contributed by atoms with Gasteiger partial charge in [0, 0.05) is 34.1 Å².